The average molecular weight is 303 g/mol. The molecule has 0 spiro atoms. The topological polar surface area (TPSA) is 12.5 Å². The van der Waals surface area contributed by atoms with Crippen molar-refractivity contribution in [3.63, 3.8) is 0 Å². The third-order valence-electron chi connectivity index (χ3n) is 4.75. The van der Waals surface area contributed by atoms with Crippen molar-refractivity contribution < 1.29 is 4.74 Å². The van der Waals surface area contributed by atoms with E-state index in [4.69, 9.17) is 4.74 Å². The predicted molar refractivity (Wildman–Crippen MR) is 94.5 cm³/mol. The molecule has 0 N–H and O–H groups in total. The van der Waals surface area contributed by atoms with Gasteiger partial charge in [-0.1, -0.05) is 52.0 Å². The summed E-state index contributed by atoms with van der Waals surface area (Å²) in [4.78, 5) is 2.61. The summed E-state index contributed by atoms with van der Waals surface area (Å²) >= 11 is 0. The van der Waals surface area contributed by atoms with Gasteiger partial charge >= 0.3 is 0 Å². The normalized spacial score (nSPS) is 25.2. The number of morpholine rings is 1. The van der Waals surface area contributed by atoms with Gasteiger partial charge in [0.05, 0.1) is 13.2 Å². The van der Waals surface area contributed by atoms with Crippen molar-refractivity contribution in [3.8, 4) is 0 Å². The standard InChI is InChI=1S/C20H33NO/c1-15(12-21-16(2)13-22-14-17(21)3)10-18-8-7-9-19(11-18)20(4,5)6/h7-9,11,15-17H,10,12-14H2,1-6H3. The molecule has 22 heavy (non-hydrogen) atoms. The van der Waals surface area contributed by atoms with Gasteiger partial charge in [0.15, 0.2) is 0 Å². The Bertz CT molecular complexity index is 467. The highest BCUT2D eigenvalue weighted by Crippen LogP contribution is 2.24. The Balaban J connectivity index is 1.98. The van der Waals surface area contributed by atoms with Gasteiger partial charge in [-0.3, -0.25) is 4.90 Å². The van der Waals surface area contributed by atoms with E-state index in [1.54, 1.807) is 0 Å². The van der Waals surface area contributed by atoms with E-state index in [1.165, 1.54) is 11.1 Å². The summed E-state index contributed by atoms with van der Waals surface area (Å²) < 4.78 is 5.64. The first-order valence-electron chi connectivity index (χ1n) is 8.70. The monoisotopic (exact) mass is 303 g/mol. The van der Waals surface area contributed by atoms with Gasteiger partial charge in [-0.2, -0.15) is 0 Å². The molecule has 3 unspecified atom stereocenters. The molecule has 3 atom stereocenters. The molecule has 1 aromatic rings. The molecule has 0 aliphatic carbocycles. The second-order valence-electron chi connectivity index (χ2n) is 8.19. The van der Waals surface area contributed by atoms with Gasteiger partial charge in [0.2, 0.25) is 0 Å². The first-order valence-corrected chi connectivity index (χ1v) is 8.70. The molecule has 1 aliphatic heterocycles. The van der Waals surface area contributed by atoms with Crippen molar-refractivity contribution in [1.82, 2.24) is 4.90 Å². The number of hydrogen-bond donors (Lipinski definition) is 0. The van der Waals surface area contributed by atoms with Crippen molar-refractivity contribution in [2.45, 2.75) is 65.5 Å². The molecule has 2 rings (SSSR count). The second kappa shape index (κ2) is 7.14. The maximum absolute atomic E-state index is 5.64. The summed E-state index contributed by atoms with van der Waals surface area (Å²) in [6.45, 7) is 16.7. The number of rotatable bonds is 4. The van der Waals surface area contributed by atoms with Crippen LogP contribution < -0.4 is 0 Å². The van der Waals surface area contributed by atoms with E-state index in [0.29, 0.717) is 18.0 Å². The maximum Gasteiger partial charge on any atom is 0.0620 e. The van der Waals surface area contributed by atoms with E-state index in [-0.39, 0.29) is 5.41 Å². The highest BCUT2D eigenvalue weighted by molar-refractivity contribution is 5.28. The van der Waals surface area contributed by atoms with Crippen LogP contribution in [0.25, 0.3) is 0 Å². The minimum Gasteiger partial charge on any atom is -0.378 e. The molecule has 0 aromatic heterocycles. The van der Waals surface area contributed by atoms with Gasteiger partial charge in [0.1, 0.15) is 0 Å². The Morgan fingerprint density at radius 2 is 1.82 bits per heavy atom. The van der Waals surface area contributed by atoms with Crippen LogP contribution in [-0.4, -0.2) is 36.7 Å². The molecule has 1 heterocycles. The summed E-state index contributed by atoms with van der Waals surface area (Å²) in [6.07, 6.45) is 1.15. The fourth-order valence-electron chi connectivity index (χ4n) is 3.39. The van der Waals surface area contributed by atoms with E-state index in [1.807, 2.05) is 0 Å². The van der Waals surface area contributed by atoms with E-state index in [2.05, 4.69) is 70.7 Å². The van der Waals surface area contributed by atoms with Gasteiger partial charge in [0.25, 0.3) is 0 Å². The Labute approximate surface area is 136 Å². The van der Waals surface area contributed by atoms with Crippen molar-refractivity contribution in [2.75, 3.05) is 19.8 Å². The van der Waals surface area contributed by atoms with Crippen molar-refractivity contribution >= 4 is 0 Å². The Morgan fingerprint density at radius 3 is 2.41 bits per heavy atom. The Hall–Kier alpha value is -0.860. The lowest BCUT2D eigenvalue weighted by molar-refractivity contribution is -0.0421. The molecule has 2 nitrogen and oxygen atoms in total. The molecular weight excluding hydrogens is 270 g/mol. The van der Waals surface area contributed by atoms with Crippen LogP contribution >= 0.6 is 0 Å². The van der Waals surface area contributed by atoms with Crippen molar-refractivity contribution in [2.24, 2.45) is 5.92 Å². The summed E-state index contributed by atoms with van der Waals surface area (Å²) in [6, 6.07) is 10.2. The highest BCUT2D eigenvalue weighted by atomic mass is 16.5. The summed E-state index contributed by atoms with van der Waals surface area (Å²) in [5.41, 5.74) is 3.13. The fraction of sp³-hybridized carbons (Fsp3) is 0.700. The summed E-state index contributed by atoms with van der Waals surface area (Å²) in [7, 11) is 0. The summed E-state index contributed by atoms with van der Waals surface area (Å²) in [5.74, 6) is 0.665. The quantitative estimate of drug-likeness (QED) is 0.823. The first-order chi connectivity index (χ1) is 10.3. The van der Waals surface area contributed by atoms with E-state index in [0.717, 1.165) is 26.2 Å². The molecule has 0 saturated carbocycles. The molecule has 0 amide bonds. The third kappa shape index (κ3) is 4.57. The van der Waals surface area contributed by atoms with Crippen LogP contribution in [0.2, 0.25) is 0 Å². The van der Waals surface area contributed by atoms with Crippen LogP contribution in [0.1, 0.15) is 52.7 Å². The van der Waals surface area contributed by atoms with Crippen molar-refractivity contribution in [3.05, 3.63) is 35.4 Å². The SMILES string of the molecule is CC(Cc1cccc(C(C)(C)C)c1)CN1C(C)COCC1C. The van der Waals surface area contributed by atoms with Gasteiger partial charge in [-0.15, -0.1) is 0 Å². The zero-order chi connectivity index (χ0) is 16.3. The van der Waals surface area contributed by atoms with Crippen LogP contribution in [0, 0.1) is 5.92 Å². The van der Waals surface area contributed by atoms with Gasteiger partial charge in [-0.05, 0) is 42.7 Å². The number of benzene rings is 1. The molecule has 124 valence electrons. The largest absolute Gasteiger partial charge is 0.378 e. The van der Waals surface area contributed by atoms with Crippen LogP contribution in [0.3, 0.4) is 0 Å². The lowest BCUT2D eigenvalue weighted by atomic mass is 9.85. The highest BCUT2D eigenvalue weighted by Gasteiger charge is 2.26. The number of nitrogens with zero attached hydrogens (tertiary/aromatic N) is 1. The molecule has 1 aliphatic rings. The second-order valence-corrected chi connectivity index (χ2v) is 8.19. The van der Waals surface area contributed by atoms with E-state index >= 15 is 0 Å². The number of hydrogen-bond acceptors (Lipinski definition) is 2. The van der Waals surface area contributed by atoms with Crippen molar-refractivity contribution in [1.29, 1.82) is 0 Å². The maximum atomic E-state index is 5.64. The lowest BCUT2D eigenvalue weighted by Gasteiger charge is -2.40. The molecule has 1 fully saturated rings. The zero-order valence-corrected chi connectivity index (χ0v) is 15.2. The number of ether oxygens (including phenoxy) is 1. The zero-order valence-electron chi connectivity index (χ0n) is 15.2. The van der Waals surface area contributed by atoms with E-state index in [9.17, 15) is 0 Å². The molecule has 2 heteroatoms. The Morgan fingerprint density at radius 1 is 1.18 bits per heavy atom. The van der Waals surface area contributed by atoms with Gasteiger partial charge in [0, 0.05) is 18.6 Å². The molecule has 0 bridgehead atoms. The van der Waals surface area contributed by atoms with Crippen LogP contribution in [0.5, 0.6) is 0 Å². The Kier molecular flexibility index (Phi) is 5.68. The molecule has 0 radical (unpaired) electrons. The van der Waals surface area contributed by atoms with Gasteiger partial charge in [-0.25, -0.2) is 0 Å². The predicted octanol–water partition coefficient (Wildman–Crippen LogP) is 4.27. The molecular formula is C20H33NO. The lowest BCUT2D eigenvalue weighted by Crippen LogP contribution is -2.51. The van der Waals surface area contributed by atoms with Crippen LogP contribution in [0.4, 0.5) is 0 Å². The van der Waals surface area contributed by atoms with Crippen LogP contribution in [0.15, 0.2) is 24.3 Å². The average Bonchev–Trinajstić information content (AvgIpc) is 2.42. The first kappa shape index (κ1) is 17.5. The smallest absolute Gasteiger partial charge is 0.0620 e. The molecule has 1 aromatic carbocycles. The van der Waals surface area contributed by atoms with Gasteiger partial charge < -0.3 is 4.74 Å². The van der Waals surface area contributed by atoms with E-state index < -0.39 is 0 Å². The van der Waals surface area contributed by atoms with Crippen LogP contribution in [-0.2, 0) is 16.6 Å². The molecule has 1 saturated heterocycles. The minimum atomic E-state index is 0.229. The minimum absolute atomic E-state index is 0.229. The fourth-order valence-corrected chi connectivity index (χ4v) is 3.39. The summed E-state index contributed by atoms with van der Waals surface area (Å²) in [5, 5.41) is 0. The third-order valence-corrected chi connectivity index (χ3v) is 4.75.